The van der Waals surface area contributed by atoms with Gasteiger partial charge in [-0.25, -0.2) is 0 Å². The number of hydrogen-bond acceptors (Lipinski definition) is 6. The van der Waals surface area contributed by atoms with Gasteiger partial charge >= 0.3 is 17.9 Å². The molecule has 0 aromatic rings. The Labute approximate surface area is 151 Å². The number of methoxy groups -OCH3 is 3. The number of hydrogen-bond donors (Lipinski definition) is 0. The van der Waals surface area contributed by atoms with Crippen LogP contribution in [0.5, 0.6) is 0 Å². The summed E-state index contributed by atoms with van der Waals surface area (Å²) in [7, 11) is 4.10. The maximum Gasteiger partial charge on any atom is 0.309 e. The van der Waals surface area contributed by atoms with Crippen molar-refractivity contribution in [2.45, 2.75) is 71.1 Å². The first kappa shape index (κ1) is 23.4. The molecule has 0 aliphatic rings. The predicted octanol–water partition coefficient (Wildman–Crippen LogP) is 3.66. The third kappa shape index (κ3) is 10.8. The minimum atomic E-state index is -0.428. The molecule has 0 bridgehead atoms. The van der Waals surface area contributed by atoms with Crippen molar-refractivity contribution in [1.29, 1.82) is 0 Å². The van der Waals surface area contributed by atoms with Crippen LogP contribution in [0.4, 0.5) is 0 Å². The van der Waals surface area contributed by atoms with Crippen molar-refractivity contribution in [3.8, 4) is 0 Å². The lowest BCUT2D eigenvalue weighted by atomic mass is 9.83. The van der Waals surface area contributed by atoms with Gasteiger partial charge in [-0.15, -0.1) is 0 Å². The summed E-state index contributed by atoms with van der Waals surface area (Å²) in [6, 6.07) is 0. The van der Waals surface area contributed by atoms with Gasteiger partial charge < -0.3 is 14.2 Å². The molecule has 0 saturated carbocycles. The lowest BCUT2D eigenvalue weighted by molar-refractivity contribution is -0.154. The molecule has 0 amide bonds. The molecular weight excluding hydrogens is 324 g/mol. The van der Waals surface area contributed by atoms with E-state index in [1.165, 1.54) is 21.3 Å². The smallest absolute Gasteiger partial charge is 0.309 e. The molecule has 0 radical (unpaired) electrons. The van der Waals surface area contributed by atoms with E-state index in [1.54, 1.807) is 0 Å². The summed E-state index contributed by atoms with van der Waals surface area (Å²) < 4.78 is 14.2. The van der Waals surface area contributed by atoms with Gasteiger partial charge in [-0.1, -0.05) is 45.4 Å². The molecule has 146 valence electrons. The van der Waals surface area contributed by atoms with E-state index in [2.05, 4.69) is 4.74 Å². The van der Waals surface area contributed by atoms with E-state index in [9.17, 15) is 14.4 Å². The van der Waals surface area contributed by atoms with E-state index >= 15 is 0 Å². The Hall–Kier alpha value is -1.59. The molecule has 2 unspecified atom stereocenters. The van der Waals surface area contributed by atoms with Crippen molar-refractivity contribution >= 4 is 17.9 Å². The van der Waals surface area contributed by atoms with Crippen LogP contribution in [0, 0.1) is 11.8 Å². The summed E-state index contributed by atoms with van der Waals surface area (Å²) in [6.45, 7) is 2.03. The van der Waals surface area contributed by atoms with E-state index in [0.717, 1.165) is 51.4 Å². The monoisotopic (exact) mass is 358 g/mol. The zero-order chi connectivity index (χ0) is 19.1. The lowest BCUT2D eigenvalue weighted by Gasteiger charge is -2.23. The Morgan fingerprint density at radius 2 is 1.32 bits per heavy atom. The third-order valence-electron chi connectivity index (χ3n) is 4.65. The topological polar surface area (TPSA) is 78.9 Å². The standard InChI is InChI=1S/C19H34O6/c1-5-15(16(19(22)25-4)14-18(21)24-3)12-10-8-6-7-9-11-13-17(20)23-2/h15-16H,5-14H2,1-4H3. The fourth-order valence-electron chi connectivity index (χ4n) is 3.03. The molecule has 6 heteroatoms. The van der Waals surface area contributed by atoms with Crippen molar-refractivity contribution in [2.75, 3.05) is 21.3 Å². The minimum Gasteiger partial charge on any atom is -0.469 e. The highest BCUT2D eigenvalue weighted by Gasteiger charge is 2.30. The van der Waals surface area contributed by atoms with E-state index < -0.39 is 5.92 Å². The SMILES string of the molecule is CCC(CCCCCCCCC(=O)OC)C(CC(=O)OC)C(=O)OC. The van der Waals surface area contributed by atoms with Crippen LogP contribution in [-0.2, 0) is 28.6 Å². The molecule has 0 heterocycles. The molecule has 0 aromatic carbocycles. The Kier molecular flexibility index (Phi) is 13.8. The van der Waals surface area contributed by atoms with Crippen LogP contribution in [0.2, 0.25) is 0 Å². The summed E-state index contributed by atoms with van der Waals surface area (Å²) in [6.07, 6.45) is 8.50. The second-order valence-corrected chi connectivity index (χ2v) is 6.31. The molecule has 2 atom stereocenters. The maximum atomic E-state index is 12.0. The van der Waals surface area contributed by atoms with Crippen LogP contribution < -0.4 is 0 Å². The van der Waals surface area contributed by atoms with Crippen molar-refractivity contribution in [3.63, 3.8) is 0 Å². The number of unbranched alkanes of at least 4 members (excludes halogenated alkanes) is 5. The zero-order valence-electron chi connectivity index (χ0n) is 16.2. The highest BCUT2D eigenvalue weighted by Crippen LogP contribution is 2.27. The summed E-state index contributed by atoms with van der Waals surface area (Å²) in [5.41, 5.74) is 0. The predicted molar refractivity (Wildman–Crippen MR) is 94.9 cm³/mol. The van der Waals surface area contributed by atoms with Gasteiger partial charge in [0.1, 0.15) is 0 Å². The fourth-order valence-corrected chi connectivity index (χ4v) is 3.03. The molecule has 0 N–H and O–H groups in total. The highest BCUT2D eigenvalue weighted by molar-refractivity contribution is 5.80. The lowest BCUT2D eigenvalue weighted by Crippen LogP contribution is -2.28. The van der Waals surface area contributed by atoms with Crippen molar-refractivity contribution in [1.82, 2.24) is 0 Å². The molecule has 0 fully saturated rings. The van der Waals surface area contributed by atoms with Crippen molar-refractivity contribution < 1.29 is 28.6 Å². The molecule has 0 aliphatic heterocycles. The van der Waals surface area contributed by atoms with Crippen LogP contribution in [0.3, 0.4) is 0 Å². The van der Waals surface area contributed by atoms with Gasteiger partial charge in [0.25, 0.3) is 0 Å². The minimum absolute atomic E-state index is 0.0786. The Bertz CT molecular complexity index is 393. The van der Waals surface area contributed by atoms with E-state index in [4.69, 9.17) is 9.47 Å². The highest BCUT2D eigenvalue weighted by atomic mass is 16.5. The molecule has 25 heavy (non-hydrogen) atoms. The quantitative estimate of drug-likeness (QED) is 0.268. The van der Waals surface area contributed by atoms with Gasteiger partial charge in [0, 0.05) is 6.42 Å². The second-order valence-electron chi connectivity index (χ2n) is 6.31. The van der Waals surface area contributed by atoms with Crippen LogP contribution in [-0.4, -0.2) is 39.2 Å². The summed E-state index contributed by atoms with van der Waals surface area (Å²) in [5, 5.41) is 0. The van der Waals surface area contributed by atoms with Gasteiger partial charge in [-0.3, -0.25) is 14.4 Å². The number of rotatable bonds is 14. The van der Waals surface area contributed by atoms with Crippen LogP contribution >= 0.6 is 0 Å². The number of carbonyl (C=O) groups is 3. The molecule has 0 rings (SSSR count). The van der Waals surface area contributed by atoms with Crippen LogP contribution in [0.15, 0.2) is 0 Å². The van der Waals surface area contributed by atoms with E-state index in [1.807, 2.05) is 6.92 Å². The van der Waals surface area contributed by atoms with Gasteiger partial charge in [0.05, 0.1) is 33.7 Å². The molecule has 0 spiro atoms. The summed E-state index contributed by atoms with van der Waals surface area (Å²) >= 11 is 0. The summed E-state index contributed by atoms with van der Waals surface area (Å²) in [4.78, 5) is 34.5. The number of esters is 3. The largest absolute Gasteiger partial charge is 0.469 e. The average molecular weight is 358 g/mol. The Morgan fingerprint density at radius 1 is 0.760 bits per heavy atom. The average Bonchev–Trinajstić information content (AvgIpc) is 2.64. The molecule has 0 aromatic heterocycles. The molecule has 0 aliphatic carbocycles. The van der Waals surface area contributed by atoms with Gasteiger partial charge in [-0.2, -0.15) is 0 Å². The normalized spacial score (nSPS) is 13.0. The third-order valence-corrected chi connectivity index (χ3v) is 4.65. The second kappa shape index (κ2) is 14.7. The first-order chi connectivity index (χ1) is 12.0. The van der Waals surface area contributed by atoms with E-state index in [0.29, 0.717) is 6.42 Å². The first-order valence-corrected chi connectivity index (χ1v) is 9.21. The van der Waals surface area contributed by atoms with E-state index in [-0.39, 0.29) is 30.2 Å². The maximum absolute atomic E-state index is 12.0. The zero-order valence-corrected chi connectivity index (χ0v) is 16.2. The Balaban J connectivity index is 4.10. The Morgan fingerprint density at radius 3 is 1.84 bits per heavy atom. The van der Waals surface area contributed by atoms with Crippen molar-refractivity contribution in [3.05, 3.63) is 0 Å². The molecule has 6 nitrogen and oxygen atoms in total. The van der Waals surface area contributed by atoms with Crippen LogP contribution in [0.25, 0.3) is 0 Å². The number of carbonyl (C=O) groups excluding carboxylic acids is 3. The van der Waals surface area contributed by atoms with Crippen molar-refractivity contribution in [2.24, 2.45) is 11.8 Å². The first-order valence-electron chi connectivity index (χ1n) is 9.21. The summed E-state index contributed by atoms with van der Waals surface area (Å²) in [5.74, 6) is -1.15. The van der Waals surface area contributed by atoms with Crippen LogP contribution in [0.1, 0.15) is 71.1 Å². The molecular formula is C19H34O6. The number of ether oxygens (including phenoxy) is 3. The van der Waals surface area contributed by atoms with Gasteiger partial charge in [0.2, 0.25) is 0 Å². The van der Waals surface area contributed by atoms with Gasteiger partial charge in [0.15, 0.2) is 0 Å². The molecule has 0 saturated heterocycles. The fraction of sp³-hybridized carbons (Fsp3) is 0.842. The van der Waals surface area contributed by atoms with Gasteiger partial charge in [-0.05, 0) is 18.8 Å².